The van der Waals surface area contributed by atoms with Gasteiger partial charge in [0.15, 0.2) is 11.6 Å². The van der Waals surface area contributed by atoms with Gasteiger partial charge in [-0.15, -0.1) is 0 Å². The van der Waals surface area contributed by atoms with E-state index in [1.54, 1.807) is 6.92 Å². The molecule has 2 rings (SSSR count). The van der Waals surface area contributed by atoms with E-state index in [9.17, 15) is 59.6 Å². The lowest BCUT2D eigenvalue weighted by Crippen LogP contribution is -2.13. The normalized spacial score (nSPS) is 10.4. The smallest absolute Gasteiger partial charge is 0.287 e. The first kappa shape index (κ1) is 32.3. The predicted molar refractivity (Wildman–Crippen MR) is 134 cm³/mol. The van der Waals surface area contributed by atoms with Crippen LogP contribution in [0.1, 0.15) is 47.9 Å². The molecule has 40 heavy (non-hydrogen) atoms. The van der Waals surface area contributed by atoms with Crippen LogP contribution in [0.15, 0.2) is 48.2 Å². The molecule has 0 aliphatic rings. The Morgan fingerprint density at radius 3 is 1.57 bits per heavy atom. The molecule has 0 spiro atoms. The van der Waals surface area contributed by atoms with E-state index in [0.29, 0.717) is 12.1 Å². The third-order valence-corrected chi connectivity index (χ3v) is 4.72. The Bertz CT molecular complexity index is 1450. The lowest BCUT2D eigenvalue weighted by molar-refractivity contribution is -0.394. The van der Waals surface area contributed by atoms with Gasteiger partial charge in [-0.3, -0.25) is 59.6 Å². The van der Waals surface area contributed by atoms with Crippen molar-refractivity contribution in [1.82, 2.24) is 0 Å². The van der Waals surface area contributed by atoms with Gasteiger partial charge in [-0.1, -0.05) is 0 Å². The van der Waals surface area contributed by atoms with Gasteiger partial charge in [0.1, 0.15) is 11.3 Å². The third kappa shape index (κ3) is 8.68. The second-order valence-corrected chi connectivity index (χ2v) is 7.61. The number of ether oxygens (including phenoxy) is 1. The third-order valence-electron chi connectivity index (χ3n) is 4.72. The Balaban J connectivity index is 0.000000408. The molecule has 0 heterocycles. The molecular weight excluding hydrogens is 540 g/mol. The summed E-state index contributed by atoms with van der Waals surface area (Å²) in [5.74, 6) is -2.73. The van der Waals surface area contributed by atoms with E-state index >= 15 is 0 Å². The molecule has 0 aromatic heterocycles. The largest absolute Gasteiger partial charge is 0.501 e. The number of non-ortho nitro benzene ring substituents is 2. The van der Waals surface area contributed by atoms with Crippen molar-refractivity contribution in [3.63, 3.8) is 0 Å². The highest BCUT2D eigenvalue weighted by atomic mass is 16.6. The second kappa shape index (κ2) is 14.3. The fraction of sp³-hybridized carbons (Fsp3) is 0.217. The Morgan fingerprint density at radius 1 is 0.750 bits per heavy atom. The molecule has 0 N–H and O–H groups in total. The van der Waals surface area contributed by atoms with E-state index in [2.05, 4.69) is 0 Å². The van der Waals surface area contributed by atoms with E-state index in [0.717, 1.165) is 37.5 Å². The minimum absolute atomic E-state index is 0.201. The van der Waals surface area contributed by atoms with Gasteiger partial charge >= 0.3 is 0 Å². The summed E-state index contributed by atoms with van der Waals surface area (Å²) in [6.07, 6.45) is 0.453. The van der Waals surface area contributed by atoms with Crippen LogP contribution in [0.5, 0.6) is 0 Å². The summed E-state index contributed by atoms with van der Waals surface area (Å²) in [5, 5.41) is 42.9. The minimum atomic E-state index is -0.928. The van der Waals surface area contributed by atoms with Crippen molar-refractivity contribution in [2.24, 2.45) is 0 Å². The number of benzene rings is 2. The van der Waals surface area contributed by atoms with Crippen LogP contribution >= 0.6 is 0 Å². The fourth-order valence-corrected chi connectivity index (χ4v) is 2.93. The van der Waals surface area contributed by atoms with Gasteiger partial charge in [-0.05, 0) is 32.9 Å². The van der Waals surface area contributed by atoms with Gasteiger partial charge in [-0.25, -0.2) is 0 Å². The number of ketones is 4. The first-order valence-corrected chi connectivity index (χ1v) is 10.9. The highest BCUT2D eigenvalue weighted by Crippen LogP contribution is 2.27. The number of carbonyl (C=O) groups is 4. The van der Waals surface area contributed by atoms with Crippen LogP contribution in [-0.2, 0) is 14.3 Å². The zero-order chi connectivity index (χ0) is 30.7. The standard InChI is InChI=1S/C13H12N2O7.C10H8N2O6/c1-3-22-7-11(8(2)16)13(17)10-5-4-9(14(18)19)6-12(10)15(20)21;1-6(13)4-10(14)8-3-2-7(11(15)16)5-9(8)12(17)18/h4-7H,3H2,1-2H3;2-3,5H,4H2,1H3. The number of nitrogens with zero attached hydrogens (tertiary/aromatic N) is 4. The maximum atomic E-state index is 12.3. The summed E-state index contributed by atoms with van der Waals surface area (Å²) in [4.78, 5) is 85.5. The van der Waals surface area contributed by atoms with Crippen LogP contribution < -0.4 is 0 Å². The number of carbonyl (C=O) groups excluding carboxylic acids is 4. The molecular formula is C23H20N4O13. The molecule has 210 valence electrons. The van der Waals surface area contributed by atoms with Crippen molar-refractivity contribution < 1.29 is 43.6 Å². The number of nitro groups is 4. The highest BCUT2D eigenvalue weighted by Gasteiger charge is 2.28. The number of nitro benzene ring substituents is 4. The zero-order valence-corrected chi connectivity index (χ0v) is 21.1. The Morgan fingerprint density at radius 2 is 1.20 bits per heavy atom. The van der Waals surface area contributed by atoms with Gasteiger partial charge in [0.25, 0.3) is 22.7 Å². The maximum absolute atomic E-state index is 12.3. The van der Waals surface area contributed by atoms with Crippen molar-refractivity contribution in [2.75, 3.05) is 6.61 Å². The molecule has 0 atom stereocenters. The number of Topliss-reactive ketones (excluding diaryl/α,β-unsaturated/α-hetero) is 4. The predicted octanol–water partition coefficient (Wildman–Crippen LogP) is 3.86. The Kier molecular flexibility index (Phi) is 11.5. The van der Waals surface area contributed by atoms with Crippen molar-refractivity contribution in [3.8, 4) is 0 Å². The van der Waals surface area contributed by atoms with Crippen molar-refractivity contribution in [3.05, 3.63) is 99.8 Å². The summed E-state index contributed by atoms with van der Waals surface area (Å²) in [7, 11) is 0. The average Bonchev–Trinajstić information content (AvgIpc) is 2.87. The molecule has 0 bridgehead atoms. The summed E-state index contributed by atoms with van der Waals surface area (Å²) >= 11 is 0. The van der Waals surface area contributed by atoms with E-state index in [1.807, 2.05) is 0 Å². The fourth-order valence-electron chi connectivity index (χ4n) is 2.93. The molecule has 0 aliphatic carbocycles. The molecule has 2 aromatic rings. The van der Waals surface area contributed by atoms with Gasteiger partial charge < -0.3 is 4.74 Å². The van der Waals surface area contributed by atoms with Gasteiger partial charge in [0.2, 0.25) is 5.78 Å². The number of hydrogen-bond acceptors (Lipinski definition) is 13. The van der Waals surface area contributed by atoms with E-state index < -0.39 is 77.6 Å². The number of rotatable bonds is 12. The number of hydrogen-bond donors (Lipinski definition) is 0. The monoisotopic (exact) mass is 560 g/mol. The first-order valence-electron chi connectivity index (χ1n) is 10.9. The summed E-state index contributed by atoms with van der Waals surface area (Å²) < 4.78 is 4.88. The summed E-state index contributed by atoms with van der Waals surface area (Å²) in [5.41, 5.74) is -3.53. The number of allylic oxidation sites excluding steroid dienone is 1. The van der Waals surface area contributed by atoms with E-state index in [4.69, 9.17) is 4.74 Å². The van der Waals surface area contributed by atoms with E-state index in [1.165, 1.54) is 6.92 Å². The molecule has 0 aliphatic heterocycles. The quantitative estimate of drug-likeness (QED) is 0.0680. The first-order chi connectivity index (χ1) is 18.6. The van der Waals surface area contributed by atoms with Crippen LogP contribution in [0, 0.1) is 40.5 Å². The maximum Gasteiger partial charge on any atom is 0.287 e. The topological polar surface area (TPSA) is 250 Å². The Hall–Kier alpha value is -5.74. The van der Waals surface area contributed by atoms with Crippen LogP contribution in [0.25, 0.3) is 0 Å². The minimum Gasteiger partial charge on any atom is -0.501 e. The van der Waals surface area contributed by atoms with Crippen LogP contribution in [0.3, 0.4) is 0 Å². The lowest BCUT2D eigenvalue weighted by Gasteiger charge is -2.05. The average molecular weight is 560 g/mol. The molecule has 0 saturated heterocycles. The zero-order valence-electron chi connectivity index (χ0n) is 21.1. The molecule has 17 heteroatoms. The van der Waals surface area contributed by atoms with E-state index in [-0.39, 0.29) is 17.7 Å². The summed E-state index contributed by atoms with van der Waals surface area (Å²) in [6.45, 7) is 4.12. The van der Waals surface area contributed by atoms with Crippen molar-refractivity contribution in [1.29, 1.82) is 0 Å². The van der Waals surface area contributed by atoms with Gasteiger partial charge in [0.05, 0.1) is 62.3 Å². The SMILES string of the molecule is CC(=O)CC(=O)c1ccc([N+](=O)[O-])cc1[N+](=O)[O-].CCOC=C(C(C)=O)C(=O)c1ccc([N+](=O)[O-])cc1[N+](=O)[O-]. The molecule has 0 fully saturated rings. The second-order valence-electron chi connectivity index (χ2n) is 7.61. The molecule has 17 nitrogen and oxygen atoms in total. The molecule has 2 aromatic carbocycles. The van der Waals surface area contributed by atoms with Crippen LogP contribution in [0.2, 0.25) is 0 Å². The summed E-state index contributed by atoms with van der Waals surface area (Å²) in [6, 6.07) is 5.25. The van der Waals surface area contributed by atoms with Crippen LogP contribution in [-0.4, -0.2) is 49.4 Å². The molecule has 0 amide bonds. The van der Waals surface area contributed by atoms with Gasteiger partial charge in [0, 0.05) is 12.1 Å². The lowest BCUT2D eigenvalue weighted by atomic mass is 10.00. The molecule has 0 unspecified atom stereocenters. The van der Waals surface area contributed by atoms with Crippen LogP contribution in [0.4, 0.5) is 22.7 Å². The highest BCUT2D eigenvalue weighted by molar-refractivity contribution is 6.26. The molecule has 0 saturated carbocycles. The van der Waals surface area contributed by atoms with Crippen molar-refractivity contribution in [2.45, 2.75) is 27.2 Å². The Labute approximate surface area is 223 Å². The van der Waals surface area contributed by atoms with Crippen molar-refractivity contribution >= 4 is 45.9 Å². The van der Waals surface area contributed by atoms with Gasteiger partial charge in [-0.2, -0.15) is 0 Å². The molecule has 0 radical (unpaired) electrons.